The van der Waals surface area contributed by atoms with Gasteiger partial charge >= 0.3 is 0 Å². The number of ether oxygens (including phenoxy) is 1. The van der Waals surface area contributed by atoms with Gasteiger partial charge in [0.15, 0.2) is 0 Å². The third-order valence-corrected chi connectivity index (χ3v) is 3.34. The van der Waals surface area contributed by atoms with Crippen molar-refractivity contribution < 1.29 is 9.53 Å². The number of allylic oxidation sites excluding steroid dienone is 3. The molecule has 0 aliphatic rings. The van der Waals surface area contributed by atoms with Gasteiger partial charge in [-0.3, -0.25) is 4.79 Å². The molecule has 1 aromatic carbocycles. The first-order valence-corrected chi connectivity index (χ1v) is 7.78. The van der Waals surface area contributed by atoms with Gasteiger partial charge in [0.25, 0.3) is 0 Å². The number of primary amides is 1. The summed E-state index contributed by atoms with van der Waals surface area (Å²) >= 11 is 0. The first-order chi connectivity index (χ1) is 11.1. The van der Waals surface area contributed by atoms with Gasteiger partial charge in [0, 0.05) is 17.5 Å². The van der Waals surface area contributed by atoms with Crippen LogP contribution in [0.25, 0.3) is 10.9 Å². The SMILES string of the molecule is CC(C=CCCCCOc1ccc2ccccc2n1)=CC(N)=O. The molecule has 2 rings (SSSR count). The standard InChI is InChI=1S/C19H22N2O2/c1-15(14-18(20)22)8-4-2-3-7-13-23-19-12-11-16-9-5-6-10-17(16)21-19/h4-6,8-12,14H,2-3,7,13H2,1H3,(H2,20,22). The van der Waals surface area contributed by atoms with Crippen LogP contribution >= 0.6 is 0 Å². The largest absolute Gasteiger partial charge is 0.478 e. The van der Waals surface area contributed by atoms with Gasteiger partial charge in [-0.05, 0) is 43.9 Å². The second-order valence-electron chi connectivity index (χ2n) is 5.38. The lowest BCUT2D eigenvalue weighted by Crippen LogP contribution is -2.06. The van der Waals surface area contributed by atoms with Gasteiger partial charge in [-0.25, -0.2) is 4.98 Å². The first kappa shape index (κ1) is 16.7. The van der Waals surface area contributed by atoms with Crippen molar-refractivity contribution in [1.29, 1.82) is 0 Å². The minimum Gasteiger partial charge on any atom is -0.478 e. The number of rotatable bonds is 8. The number of para-hydroxylation sites is 1. The summed E-state index contributed by atoms with van der Waals surface area (Å²) in [5.74, 6) is 0.253. The smallest absolute Gasteiger partial charge is 0.241 e. The maximum Gasteiger partial charge on any atom is 0.241 e. The normalized spacial score (nSPS) is 12.0. The maximum atomic E-state index is 10.7. The summed E-state index contributed by atoms with van der Waals surface area (Å²) in [6.45, 7) is 2.51. The zero-order valence-corrected chi connectivity index (χ0v) is 13.4. The highest BCUT2D eigenvalue weighted by molar-refractivity contribution is 5.86. The first-order valence-electron chi connectivity index (χ1n) is 7.78. The minimum absolute atomic E-state index is 0.413. The van der Waals surface area contributed by atoms with E-state index in [1.165, 1.54) is 6.08 Å². The van der Waals surface area contributed by atoms with Crippen LogP contribution in [-0.4, -0.2) is 17.5 Å². The number of nitrogens with zero attached hydrogens (tertiary/aromatic N) is 1. The summed E-state index contributed by atoms with van der Waals surface area (Å²) in [7, 11) is 0. The van der Waals surface area contributed by atoms with E-state index in [9.17, 15) is 4.79 Å². The number of benzene rings is 1. The Labute approximate surface area is 136 Å². The second kappa shape index (κ2) is 8.73. The van der Waals surface area contributed by atoms with Crippen LogP contribution < -0.4 is 10.5 Å². The summed E-state index contributed by atoms with van der Waals surface area (Å²) in [4.78, 5) is 15.2. The Morgan fingerprint density at radius 2 is 2.04 bits per heavy atom. The molecule has 0 fully saturated rings. The summed E-state index contributed by atoms with van der Waals surface area (Å²) in [6, 6.07) is 11.9. The molecule has 2 N–H and O–H groups in total. The third kappa shape index (κ3) is 5.94. The van der Waals surface area contributed by atoms with Crippen LogP contribution in [0.4, 0.5) is 0 Å². The van der Waals surface area contributed by atoms with Crippen molar-refractivity contribution in [3.05, 3.63) is 60.2 Å². The number of hydrogen-bond donors (Lipinski definition) is 1. The Morgan fingerprint density at radius 1 is 1.22 bits per heavy atom. The van der Waals surface area contributed by atoms with E-state index in [-0.39, 0.29) is 0 Å². The topological polar surface area (TPSA) is 65.2 Å². The van der Waals surface area contributed by atoms with E-state index in [0.29, 0.717) is 12.5 Å². The molecule has 0 spiro atoms. The molecule has 4 nitrogen and oxygen atoms in total. The predicted octanol–water partition coefficient (Wildman–Crippen LogP) is 3.77. The Kier molecular flexibility index (Phi) is 6.36. The average molecular weight is 310 g/mol. The Bertz CT molecular complexity index is 720. The summed E-state index contributed by atoms with van der Waals surface area (Å²) in [6.07, 6.45) is 8.30. The van der Waals surface area contributed by atoms with Crippen molar-refractivity contribution in [2.75, 3.05) is 6.61 Å². The van der Waals surface area contributed by atoms with Crippen molar-refractivity contribution in [2.24, 2.45) is 5.73 Å². The van der Waals surface area contributed by atoms with E-state index in [1.807, 2.05) is 55.5 Å². The number of fused-ring (bicyclic) bond motifs is 1. The fourth-order valence-corrected chi connectivity index (χ4v) is 2.21. The molecule has 0 aliphatic carbocycles. The number of nitrogens with two attached hydrogens (primary N) is 1. The van der Waals surface area contributed by atoms with Crippen molar-refractivity contribution >= 4 is 16.8 Å². The molecule has 0 bridgehead atoms. The van der Waals surface area contributed by atoms with Crippen molar-refractivity contribution in [2.45, 2.75) is 26.2 Å². The molecular weight excluding hydrogens is 288 g/mol. The van der Waals surface area contributed by atoms with Gasteiger partial charge in [0.1, 0.15) is 0 Å². The molecule has 1 heterocycles. The number of carbonyl (C=O) groups excluding carboxylic acids is 1. The third-order valence-electron chi connectivity index (χ3n) is 3.34. The fourth-order valence-electron chi connectivity index (χ4n) is 2.21. The van der Waals surface area contributed by atoms with Gasteiger partial charge in [-0.2, -0.15) is 0 Å². The van der Waals surface area contributed by atoms with Crippen LogP contribution in [-0.2, 0) is 4.79 Å². The van der Waals surface area contributed by atoms with Crippen LogP contribution in [0, 0.1) is 0 Å². The molecule has 0 radical (unpaired) electrons. The number of unbranched alkanes of at least 4 members (excludes halogenated alkanes) is 2. The molecule has 4 heteroatoms. The second-order valence-corrected chi connectivity index (χ2v) is 5.38. The van der Waals surface area contributed by atoms with E-state index in [4.69, 9.17) is 10.5 Å². The molecule has 0 unspecified atom stereocenters. The molecule has 0 atom stereocenters. The number of hydrogen-bond acceptors (Lipinski definition) is 3. The molecule has 0 aliphatic heterocycles. The van der Waals surface area contributed by atoms with Crippen molar-refractivity contribution in [3.63, 3.8) is 0 Å². The lowest BCUT2D eigenvalue weighted by Gasteiger charge is -2.05. The average Bonchev–Trinajstić information content (AvgIpc) is 2.53. The molecule has 1 aromatic heterocycles. The quantitative estimate of drug-likeness (QED) is 0.458. The van der Waals surface area contributed by atoms with Gasteiger partial charge < -0.3 is 10.5 Å². The number of carbonyl (C=O) groups is 1. The maximum absolute atomic E-state index is 10.7. The lowest BCUT2D eigenvalue weighted by atomic mass is 10.2. The Hall–Kier alpha value is -2.62. The van der Waals surface area contributed by atoms with Gasteiger partial charge in [0.2, 0.25) is 11.8 Å². The Morgan fingerprint density at radius 3 is 2.87 bits per heavy atom. The molecule has 2 aromatic rings. The fraction of sp³-hybridized carbons (Fsp3) is 0.263. The highest BCUT2D eigenvalue weighted by atomic mass is 16.5. The summed E-state index contributed by atoms with van der Waals surface area (Å²) in [5, 5.41) is 1.12. The zero-order chi connectivity index (χ0) is 16.5. The van der Waals surface area contributed by atoms with Crippen LogP contribution in [0.15, 0.2) is 60.2 Å². The molecule has 23 heavy (non-hydrogen) atoms. The lowest BCUT2D eigenvalue weighted by molar-refractivity contribution is -0.113. The monoisotopic (exact) mass is 310 g/mol. The van der Waals surface area contributed by atoms with Crippen LogP contribution in [0.1, 0.15) is 26.2 Å². The molecule has 1 amide bonds. The predicted molar refractivity (Wildman–Crippen MR) is 93.2 cm³/mol. The van der Waals surface area contributed by atoms with E-state index in [1.54, 1.807) is 0 Å². The van der Waals surface area contributed by atoms with Crippen LogP contribution in [0.3, 0.4) is 0 Å². The summed E-state index contributed by atoms with van der Waals surface area (Å²) in [5.41, 5.74) is 6.90. The number of amides is 1. The van der Waals surface area contributed by atoms with Crippen molar-refractivity contribution in [3.8, 4) is 5.88 Å². The number of pyridine rings is 1. The van der Waals surface area contributed by atoms with E-state index in [2.05, 4.69) is 4.98 Å². The van der Waals surface area contributed by atoms with Crippen LogP contribution in [0.2, 0.25) is 0 Å². The van der Waals surface area contributed by atoms with Gasteiger partial charge in [-0.1, -0.05) is 30.4 Å². The van der Waals surface area contributed by atoms with E-state index < -0.39 is 5.91 Å². The minimum atomic E-state index is -0.413. The van der Waals surface area contributed by atoms with Crippen molar-refractivity contribution in [1.82, 2.24) is 4.98 Å². The molecular formula is C19H22N2O2. The van der Waals surface area contributed by atoms with Crippen LogP contribution in [0.5, 0.6) is 5.88 Å². The summed E-state index contributed by atoms with van der Waals surface area (Å²) < 4.78 is 5.69. The molecule has 0 saturated carbocycles. The highest BCUT2D eigenvalue weighted by Crippen LogP contribution is 2.16. The Balaban J connectivity index is 1.69. The van der Waals surface area contributed by atoms with Gasteiger partial charge in [-0.15, -0.1) is 0 Å². The zero-order valence-electron chi connectivity index (χ0n) is 13.4. The van der Waals surface area contributed by atoms with E-state index in [0.717, 1.165) is 35.7 Å². The highest BCUT2D eigenvalue weighted by Gasteiger charge is 1.98. The molecule has 0 saturated heterocycles. The van der Waals surface area contributed by atoms with Gasteiger partial charge in [0.05, 0.1) is 12.1 Å². The molecule has 120 valence electrons. The number of aromatic nitrogens is 1. The van der Waals surface area contributed by atoms with E-state index >= 15 is 0 Å².